The van der Waals surface area contributed by atoms with Crippen molar-refractivity contribution in [3.05, 3.63) is 134 Å². The van der Waals surface area contributed by atoms with Crippen LogP contribution >= 0.6 is 48.0 Å². The number of allylic oxidation sites excluding steroid dienone is 4. The molecule has 6 rings (SSSR count). The Morgan fingerprint density at radius 1 is 0.667 bits per heavy atom. The molecule has 0 atom stereocenters. The first-order chi connectivity index (χ1) is 16.5. The number of rotatable bonds is 4. The summed E-state index contributed by atoms with van der Waals surface area (Å²) in [6.07, 6.45) is 8.62. The van der Waals surface area contributed by atoms with E-state index in [1.165, 1.54) is 35.3 Å². The zero-order valence-electron chi connectivity index (χ0n) is 19.6. The Morgan fingerprint density at radius 2 is 1.25 bits per heavy atom. The summed E-state index contributed by atoms with van der Waals surface area (Å²) < 4.78 is 10.9. The van der Waals surface area contributed by atoms with Crippen molar-refractivity contribution >= 4 is 62.0 Å². The topological polar surface area (TPSA) is 0 Å². The van der Waals surface area contributed by atoms with Gasteiger partial charge in [0, 0.05) is 0 Å². The molecule has 4 aromatic rings. The molecule has 5 heteroatoms. The van der Waals surface area contributed by atoms with Gasteiger partial charge in [0.25, 0.3) is 0 Å². The second-order valence-electron chi connectivity index (χ2n) is 9.46. The molecule has 0 saturated heterocycles. The molecular weight excluding hydrogens is 605 g/mol. The van der Waals surface area contributed by atoms with E-state index in [4.69, 9.17) is 27.4 Å². The molecule has 0 amide bonds. The minimum absolute atomic E-state index is 0. The van der Waals surface area contributed by atoms with Crippen LogP contribution in [-0.2, 0) is 24.7 Å². The fourth-order valence-corrected chi connectivity index (χ4v) is 21.8. The van der Waals surface area contributed by atoms with E-state index in [0.717, 1.165) is 22.9 Å². The summed E-state index contributed by atoms with van der Waals surface area (Å²) in [7, 11) is 0. The summed E-state index contributed by atoms with van der Waals surface area (Å²) in [5.74, 6) is 0. The van der Waals surface area contributed by atoms with E-state index in [1.807, 2.05) is 24.3 Å². The predicted molar refractivity (Wildman–Crippen MR) is 160 cm³/mol. The molecule has 0 nitrogen and oxygen atoms in total. The number of hydrogen-bond donors (Lipinski definition) is 0. The molecule has 36 heavy (non-hydrogen) atoms. The number of halogens is 4. The van der Waals surface area contributed by atoms with Gasteiger partial charge in [0.1, 0.15) is 0 Å². The fourth-order valence-electron chi connectivity index (χ4n) is 6.19. The molecule has 0 heterocycles. The Hall–Kier alpha value is -1.73. The molecule has 0 radical (unpaired) electrons. The SMILES string of the molecule is Cl.Cl.[CH2]=[Zr]([C]1=CC=CC1)([c]1ccc(Cl)cc1)([c]1ccc(Cl)cc1)[c]1cccc2c1Cc1ccccc1-2. The van der Waals surface area contributed by atoms with E-state index in [2.05, 4.69) is 85.0 Å². The molecule has 2 aliphatic carbocycles. The van der Waals surface area contributed by atoms with Crippen molar-refractivity contribution in [1.29, 1.82) is 0 Å². The third-order valence-corrected chi connectivity index (χ3v) is 24.8. The Balaban J connectivity index is 0.00000152. The molecule has 0 unspecified atom stereocenters. The van der Waals surface area contributed by atoms with E-state index in [0.29, 0.717) is 0 Å². The second kappa shape index (κ2) is 10.2. The standard InChI is InChI=1S/C13H9.2C6H4Cl.C5H5.CH2.2ClH.Zr/c1-3-7-12-10(5-1)9-11-6-2-4-8-13(11)12;2*7-6-4-2-1-3-5-6;1-2-4-5-3-1;;;;/h1-5,7-8H,9H2;2*2-5H;1-3H,4H2;1H2;2*1H;. The molecular formula is C31H26Cl4Zr. The molecule has 0 N–H and O–H groups in total. The van der Waals surface area contributed by atoms with Gasteiger partial charge in [-0.1, -0.05) is 0 Å². The molecule has 0 bridgehead atoms. The van der Waals surface area contributed by atoms with Gasteiger partial charge in [0.2, 0.25) is 0 Å². The van der Waals surface area contributed by atoms with Crippen molar-refractivity contribution in [3.8, 4) is 11.1 Å². The molecule has 4 aromatic carbocycles. The number of benzene rings is 4. The fraction of sp³-hybridized carbons (Fsp3) is 0.0645. The van der Waals surface area contributed by atoms with Crippen molar-refractivity contribution in [2.24, 2.45) is 0 Å². The van der Waals surface area contributed by atoms with Gasteiger partial charge in [-0.25, -0.2) is 0 Å². The maximum absolute atomic E-state index is 6.39. The first kappa shape index (κ1) is 27.3. The van der Waals surface area contributed by atoms with E-state index >= 15 is 0 Å². The number of hydrogen-bond acceptors (Lipinski definition) is 0. The second-order valence-corrected chi connectivity index (χ2v) is 23.2. The first-order valence-electron chi connectivity index (χ1n) is 11.6. The zero-order valence-corrected chi connectivity index (χ0v) is 25.2. The van der Waals surface area contributed by atoms with Crippen molar-refractivity contribution in [1.82, 2.24) is 0 Å². The predicted octanol–water partition coefficient (Wildman–Crippen LogP) is 7.65. The van der Waals surface area contributed by atoms with Gasteiger partial charge in [-0.3, -0.25) is 0 Å². The van der Waals surface area contributed by atoms with Gasteiger partial charge in [0.05, 0.1) is 0 Å². The third-order valence-electron chi connectivity index (χ3n) is 7.89. The molecule has 0 spiro atoms. The van der Waals surface area contributed by atoms with Gasteiger partial charge >= 0.3 is 213 Å². The molecule has 182 valence electrons. The maximum atomic E-state index is 6.39. The molecule has 0 saturated carbocycles. The average molecular weight is 632 g/mol. The van der Waals surface area contributed by atoms with E-state index in [9.17, 15) is 0 Å². The van der Waals surface area contributed by atoms with Gasteiger partial charge in [0.15, 0.2) is 0 Å². The molecule has 0 aromatic heterocycles. The van der Waals surface area contributed by atoms with Crippen molar-refractivity contribution in [2.75, 3.05) is 0 Å². The number of fused-ring (bicyclic) bond motifs is 3. The summed E-state index contributed by atoms with van der Waals surface area (Å²) >= 11 is 8.17. The summed E-state index contributed by atoms with van der Waals surface area (Å²) in [4.78, 5) is 0. The van der Waals surface area contributed by atoms with Crippen LogP contribution in [0.1, 0.15) is 17.5 Å². The van der Waals surface area contributed by atoms with E-state index in [-0.39, 0.29) is 24.8 Å². The summed E-state index contributed by atoms with van der Waals surface area (Å²) in [5.41, 5.74) is 5.49. The quantitative estimate of drug-likeness (QED) is 0.191. The van der Waals surface area contributed by atoms with Crippen LogP contribution in [0.3, 0.4) is 0 Å². The van der Waals surface area contributed by atoms with Gasteiger partial charge in [-0.15, -0.1) is 24.8 Å². The molecule has 2 aliphatic rings. The first-order valence-corrected chi connectivity index (χ1v) is 19.0. The summed E-state index contributed by atoms with van der Waals surface area (Å²) in [6, 6.07) is 32.6. The van der Waals surface area contributed by atoms with E-state index < -0.39 is 18.3 Å². The van der Waals surface area contributed by atoms with Crippen LogP contribution in [-0.4, -0.2) is 4.21 Å². The van der Waals surface area contributed by atoms with Crippen molar-refractivity contribution in [3.63, 3.8) is 0 Å². The molecule has 0 aliphatic heterocycles. The normalized spacial score (nSPS) is 13.8. The van der Waals surface area contributed by atoms with Gasteiger partial charge < -0.3 is 0 Å². The van der Waals surface area contributed by atoms with E-state index in [1.54, 1.807) is 0 Å². The Kier molecular flexibility index (Phi) is 7.74. The van der Waals surface area contributed by atoms with Gasteiger partial charge in [-0.2, -0.15) is 0 Å². The monoisotopic (exact) mass is 628 g/mol. The summed E-state index contributed by atoms with van der Waals surface area (Å²) in [5, 5.41) is 1.49. The van der Waals surface area contributed by atoms with Crippen LogP contribution in [0, 0.1) is 0 Å². The Labute approximate surface area is 236 Å². The minimum atomic E-state index is -4.61. The zero-order chi connectivity index (χ0) is 23.4. The van der Waals surface area contributed by atoms with Crippen LogP contribution in [0.5, 0.6) is 0 Å². The summed E-state index contributed by atoms with van der Waals surface area (Å²) in [6.45, 7) is 0. The molecule has 0 fully saturated rings. The van der Waals surface area contributed by atoms with Crippen LogP contribution in [0.15, 0.2) is 113 Å². The van der Waals surface area contributed by atoms with Crippen LogP contribution in [0.25, 0.3) is 11.1 Å². The van der Waals surface area contributed by atoms with Crippen LogP contribution in [0.2, 0.25) is 10.0 Å². The van der Waals surface area contributed by atoms with Crippen LogP contribution in [0.4, 0.5) is 0 Å². The van der Waals surface area contributed by atoms with Crippen molar-refractivity contribution in [2.45, 2.75) is 12.8 Å². The average Bonchev–Trinajstić information content (AvgIpc) is 3.53. The van der Waals surface area contributed by atoms with Crippen LogP contribution < -0.4 is 9.81 Å². The van der Waals surface area contributed by atoms with Crippen molar-refractivity contribution < 1.29 is 18.3 Å². The third kappa shape index (κ3) is 3.87. The Bertz CT molecular complexity index is 1510. The Morgan fingerprint density at radius 3 is 1.83 bits per heavy atom. The van der Waals surface area contributed by atoms with Gasteiger partial charge in [-0.05, 0) is 0 Å².